The minimum absolute atomic E-state index is 0.0375. The highest BCUT2D eigenvalue weighted by Gasteiger charge is 2.67. The van der Waals surface area contributed by atoms with Gasteiger partial charge in [0.25, 0.3) is 10.1 Å². The van der Waals surface area contributed by atoms with E-state index in [0.29, 0.717) is 44.4 Å². The van der Waals surface area contributed by atoms with Crippen molar-refractivity contribution in [1.29, 1.82) is 0 Å². The number of rotatable bonds is 12. The van der Waals surface area contributed by atoms with Gasteiger partial charge in [-0.15, -0.1) is 0 Å². The molecule has 8 rings (SSSR count). The molecule has 8 aliphatic rings. The SMILES string of the molecule is C[C@H](CCC(=O)O[C@@H]1CC[C@@]2(C)C(C1)C[C@@H](O)[C@H]1[C@@H]3CC[C@H]([C@H](C)CCC(=O)NCCS(=O)(=O)O)[C@@]3(C)[C@@H](O)C[C@@H]12)[C@H]1CCC2C3C(C[C@H](O)[C@@]21C)[C@@]1(C)CC[C@@H](O)C[C@H]1C[C@H]3O. The first-order valence-electron chi connectivity index (χ1n) is 25.3. The summed E-state index contributed by atoms with van der Waals surface area (Å²) in [7, 11) is -4.14. The van der Waals surface area contributed by atoms with Gasteiger partial charge in [0.1, 0.15) is 6.10 Å². The Labute approximate surface area is 377 Å². The minimum atomic E-state index is -4.14. The molecule has 0 saturated heterocycles. The summed E-state index contributed by atoms with van der Waals surface area (Å²) in [5, 5.41) is 60.9. The van der Waals surface area contributed by atoms with Crippen molar-refractivity contribution in [2.45, 2.75) is 194 Å². The molecule has 0 aromatic carbocycles. The average molecular weight is 906 g/mol. The van der Waals surface area contributed by atoms with Gasteiger partial charge >= 0.3 is 5.97 Å². The van der Waals surface area contributed by atoms with Crippen LogP contribution in [-0.4, -0.2) is 99.3 Å². The number of carbonyl (C=O) groups is 2. The standard InChI is InChI=1S/C50H83NO11S/c1-27(7-13-43(57)51-19-20-63(59,60)61)33-9-11-36-46-38(26-42(56)49(33,36)5)48(4)18-16-32(22-30(48)24-40(46)54)62-44(58)14-8-28(2)34-10-12-35-45-37(25-41(55)50(34,35)6)47(3)17-15-31(52)21-29(47)23-39(45)53/h27-42,45-46,52-56H,7-26H2,1-6H3,(H,51,57)(H,59,60,61)/t27-,28-,29+,30?,31-,32-,33-,34-,35?,36+,37?,38+,39-,40-,41+,42+,45?,46+,47+,48+,49-,50-/m1/s1. The summed E-state index contributed by atoms with van der Waals surface area (Å²) >= 11 is 0. The van der Waals surface area contributed by atoms with Crippen molar-refractivity contribution in [1.82, 2.24) is 5.32 Å². The molecule has 1 amide bonds. The Hall–Kier alpha value is -1.35. The summed E-state index contributed by atoms with van der Waals surface area (Å²) in [4.78, 5) is 26.1. The summed E-state index contributed by atoms with van der Waals surface area (Å²) in [6, 6.07) is 0. The molecule has 0 spiro atoms. The first kappa shape index (κ1) is 48.1. The maximum Gasteiger partial charge on any atom is 0.306 e. The molecule has 360 valence electrons. The molecular formula is C50H83NO11S. The maximum absolute atomic E-state index is 13.6. The molecular weight excluding hydrogens is 823 g/mol. The van der Waals surface area contributed by atoms with Gasteiger partial charge in [0.05, 0.1) is 36.3 Å². The third-order valence-corrected chi connectivity index (χ3v) is 22.4. The lowest BCUT2D eigenvalue weighted by molar-refractivity contribution is -0.209. The largest absolute Gasteiger partial charge is 0.462 e. The zero-order chi connectivity index (χ0) is 45.6. The lowest BCUT2D eigenvalue weighted by atomic mass is 9.43. The summed E-state index contributed by atoms with van der Waals surface area (Å²) in [6.45, 7) is 13.4. The summed E-state index contributed by atoms with van der Waals surface area (Å²) in [5.41, 5.74) is -0.738. The van der Waals surface area contributed by atoms with Crippen LogP contribution in [-0.2, 0) is 24.4 Å². The van der Waals surface area contributed by atoms with Crippen LogP contribution >= 0.6 is 0 Å². The fourth-order valence-electron chi connectivity index (χ4n) is 18.1. The highest BCUT2D eigenvalue weighted by molar-refractivity contribution is 7.85. The van der Waals surface area contributed by atoms with Crippen LogP contribution in [0.1, 0.15) is 157 Å². The molecule has 13 heteroatoms. The van der Waals surface area contributed by atoms with Crippen molar-refractivity contribution < 1.29 is 52.8 Å². The number of hydrogen-bond donors (Lipinski definition) is 7. The predicted molar refractivity (Wildman–Crippen MR) is 238 cm³/mol. The van der Waals surface area contributed by atoms with Crippen molar-refractivity contribution in [2.75, 3.05) is 12.3 Å². The van der Waals surface area contributed by atoms with E-state index in [2.05, 4.69) is 46.9 Å². The van der Waals surface area contributed by atoms with E-state index in [1.165, 1.54) is 0 Å². The first-order chi connectivity index (χ1) is 29.5. The molecule has 8 aliphatic carbocycles. The van der Waals surface area contributed by atoms with Crippen molar-refractivity contribution >= 4 is 22.0 Å². The van der Waals surface area contributed by atoms with E-state index in [0.717, 1.165) is 70.6 Å². The van der Waals surface area contributed by atoms with Crippen LogP contribution in [0.15, 0.2) is 0 Å². The van der Waals surface area contributed by atoms with E-state index in [1.54, 1.807) is 0 Å². The van der Waals surface area contributed by atoms with Crippen molar-refractivity contribution in [3.05, 3.63) is 0 Å². The summed E-state index contributed by atoms with van der Waals surface area (Å²) in [6.07, 6.45) is 11.0. The monoisotopic (exact) mass is 906 g/mol. The Balaban J connectivity index is 0.840. The second kappa shape index (κ2) is 17.6. The van der Waals surface area contributed by atoms with Gasteiger partial charge in [-0.05, 0) is 195 Å². The van der Waals surface area contributed by atoms with Crippen molar-refractivity contribution in [2.24, 2.45) is 92.7 Å². The summed E-state index contributed by atoms with van der Waals surface area (Å²) < 4.78 is 37.3. The highest BCUT2D eigenvalue weighted by Crippen LogP contribution is 2.70. The Morgan fingerprint density at radius 3 is 1.67 bits per heavy atom. The van der Waals surface area contributed by atoms with Crippen LogP contribution in [0.4, 0.5) is 0 Å². The first-order valence-corrected chi connectivity index (χ1v) is 26.9. The normalized spacial score (nSPS) is 50.1. The van der Waals surface area contributed by atoms with Gasteiger partial charge in [0.15, 0.2) is 0 Å². The van der Waals surface area contributed by atoms with Gasteiger partial charge in [-0.2, -0.15) is 8.42 Å². The molecule has 63 heavy (non-hydrogen) atoms. The Bertz CT molecular complexity index is 1800. The molecule has 4 unspecified atom stereocenters. The second-order valence-corrected chi connectivity index (χ2v) is 25.7. The molecule has 0 heterocycles. The Morgan fingerprint density at radius 2 is 1.14 bits per heavy atom. The molecule has 12 nitrogen and oxygen atoms in total. The number of aliphatic hydroxyl groups excluding tert-OH is 5. The third kappa shape index (κ3) is 8.39. The number of esters is 1. The van der Waals surface area contributed by atoms with Crippen LogP contribution in [0.25, 0.3) is 0 Å². The quantitative estimate of drug-likeness (QED) is 0.0854. The number of aliphatic hydroxyl groups is 5. The average Bonchev–Trinajstić information content (AvgIpc) is 3.76. The number of nitrogens with one attached hydrogen (secondary N) is 1. The zero-order valence-electron chi connectivity index (χ0n) is 39.2. The number of ether oxygens (including phenoxy) is 1. The van der Waals surface area contributed by atoms with E-state index in [4.69, 9.17) is 9.29 Å². The zero-order valence-corrected chi connectivity index (χ0v) is 40.0. The molecule has 7 N–H and O–H groups in total. The highest BCUT2D eigenvalue weighted by atomic mass is 32.2. The van der Waals surface area contributed by atoms with Gasteiger partial charge in [0.2, 0.25) is 5.91 Å². The van der Waals surface area contributed by atoms with Gasteiger partial charge in [-0.25, -0.2) is 0 Å². The van der Waals surface area contributed by atoms with E-state index in [-0.39, 0.29) is 124 Å². The lowest BCUT2D eigenvalue weighted by Crippen LogP contribution is -2.62. The van der Waals surface area contributed by atoms with Crippen LogP contribution in [0.2, 0.25) is 0 Å². The predicted octanol–water partition coefficient (Wildman–Crippen LogP) is 6.30. The van der Waals surface area contributed by atoms with Crippen LogP contribution < -0.4 is 5.32 Å². The molecule has 0 radical (unpaired) electrons. The summed E-state index contributed by atoms with van der Waals surface area (Å²) in [5.74, 6) is 1.43. The Morgan fingerprint density at radius 1 is 0.651 bits per heavy atom. The van der Waals surface area contributed by atoms with Crippen LogP contribution in [0, 0.1) is 92.7 Å². The number of hydrogen-bond acceptors (Lipinski definition) is 10. The lowest BCUT2D eigenvalue weighted by Gasteiger charge is -2.63. The topological polar surface area (TPSA) is 211 Å². The van der Waals surface area contributed by atoms with E-state index in [1.807, 2.05) is 0 Å². The molecule has 0 aromatic rings. The third-order valence-electron chi connectivity index (χ3n) is 21.6. The number of amides is 1. The van der Waals surface area contributed by atoms with Gasteiger partial charge in [-0.3, -0.25) is 14.1 Å². The smallest absolute Gasteiger partial charge is 0.306 e. The van der Waals surface area contributed by atoms with E-state index < -0.39 is 40.3 Å². The Kier molecular flexibility index (Phi) is 13.5. The fraction of sp³-hybridized carbons (Fsp3) is 0.960. The maximum atomic E-state index is 13.6. The van der Waals surface area contributed by atoms with E-state index >= 15 is 0 Å². The molecule has 0 aromatic heterocycles. The molecule has 8 saturated carbocycles. The molecule has 0 aliphatic heterocycles. The molecule has 22 atom stereocenters. The number of fused-ring (bicyclic) bond motifs is 10. The second-order valence-electron chi connectivity index (χ2n) is 24.2. The fourth-order valence-corrected chi connectivity index (χ4v) is 18.5. The van der Waals surface area contributed by atoms with Crippen molar-refractivity contribution in [3.63, 3.8) is 0 Å². The minimum Gasteiger partial charge on any atom is -0.462 e. The number of carbonyl (C=O) groups excluding carboxylic acids is 2. The molecule has 8 fully saturated rings. The van der Waals surface area contributed by atoms with Gasteiger partial charge in [0, 0.05) is 19.4 Å². The van der Waals surface area contributed by atoms with Gasteiger partial charge < -0.3 is 35.6 Å². The molecule has 0 bridgehead atoms. The van der Waals surface area contributed by atoms with Crippen molar-refractivity contribution in [3.8, 4) is 0 Å². The van der Waals surface area contributed by atoms with Crippen LogP contribution in [0.5, 0.6) is 0 Å². The van der Waals surface area contributed by atoms with Gasteiger partial charge in [-0.1, -0.05) is 41.5 Å². The van der Waals surface area contributed by atoms with Crippen LogP contribution in [0.3, 0.4) is 0 Å². The van der Waals surface area contributed by atoms with E-state index in [9.17, 15) is 43.5 Å².